The SMILES string of the molecule is COc1cccc(C(=O)N(Cc2ccc(C)cc2)c2cccc(CC(=O)NC3CC3)c2)c1. The van der Waals surface area contributed by atoms with Crippen molar-refractivity contribution in [1.82, 2.24) is 5.32 Å². The van der Waals surface area contributed by atoms with Crippen LogP contribution in [-0.2, 0) is 17.8 Å². The molecule has 32 heavy (non-hydrogen) atoms. The molecule has 3 aromatic rings. The van der Waals surface area contributed by atoms with Crippen LogP contribution in [-0.4, -0.2) is 25.0 Å². The quantitative estimate of drug-likeness (QED) is 0.567. The van der Waals surface area contributed by atoms with Crippen molar-refractivity contribution in [1.29, 1.82) is 0 Å². The fourth-order valence-corrected chi connectivity index (χ4v) is 3.59. The highest BCUT2D eigenvalue weighted by Crippen LogP contribution is 2.24. The van der Waals surface area contributed by atoms with Crippen LogP contribution in [0.15, 0.2) is 72.8 Å². The second-order valence-electron chi connectivity index (χ2n) is 8.30. The first-order chi connectivity index (χ1) is 15.5. The lowest BCUT2D eigenvalue weighted by atomic mass is 10.1. The second-order valence-corrected chi connectivity index (χ2v) is 8.30. The van der Waals surface area contributed by atoms with Crippen LogP contribution in [0.5, 0.6) is 5.75 Å². The molecule has 2 amide bonds. The van der Waals surface area contributed by atoms with Crippen molar-refractivity contribution in [2.75, 3.05) is 12.0 Å². The fraction of sp³-hybridized carbons (Fsp3) is 0.259. The molecule has 164 valence electrons. The summed E-state index contributed by atoms with van der Waals surface area (Å²) < 4.78 is 5.31. The van der Waals surface area contributed by atoms with Gasteiger partial charge in [-0.05, 0) is 61.2 Å². The molecule has 3 aromatic carbocycles. The number of benzene rings is 3. The number of amides is 2. The molecule has 1 N–H and O–H groups in total. The number of hydrogen-bond acceptors (Lipinski definition) is 3. The van der Waals surface area contributed by atoms with Crippen LogP contribution in [0.2, 0.25) is 0 Å². The summed E-state index contributed by atoms with van der Waals surface area (Å²) in [5.41, 5.74) is 4.39. The molecule has 1 saturated carbocycles. The third-order valence-corrected chi connectivity index (χ3v) is 5.55. The van der Waals surface area contributed by atoms with Crippen LogP contribution >= 0.6 is 0 Å². The highest BCUT2D eigenvalue weighted by molar-refractivity contribution is 6.06. The van der Waals surface area contributed by atoms with Gasteiger partial charge in [-0.15, -0.1) is 0 Å². The molecule has 4 rings (SSSR count). The van der Waals surface area contributed by atoms with E-state index in [4.69, 9.17) is 4.74 Å². The number of anilines is 1. The van der Waals surface area contributed by atoms with Crippen molar-refractivity contribution in [3.8, 4) is 5.75 Å². The van der Waals surface area contributed by atoms with E-state index in [-0.39, 0.29) is 11.8 Å². The number of ether oxygens (including phenoxy) is 1. The van der Waals surface area contributed by atoms with E-state index in [1.54, 1.807) is 24.1 Å². The zero-order valence-electron chi connectivity index (χ0n) is 18.5. The standard InChI is InChI=1S/C27H28N2O3/c1-19-9-11-20(12-10-19)18-29(27(31)22-6-4-8-25(17-22)32-2)24-7-3-5-21(15-24)16-26(30)28-23-13-14-23/h3-12,15,17,23H,13-14,16,18H2,1-2H3,(H,28,30). The second kappa shape index (κ2) is 9.69. The van der Waals surface area contributed by atoms with E-state index < -0.39 is 0 Å². The number of nitrogens with one attached hydrogen (secondary N) is 1. The normalized spacial score (nSPS) is 12.8. The van der Waals surface area contributed by atoms with Crippen molar-refractivity contribution in [2.45, 2.75) is 38.8 Å². The maximum atomic E-state index is 13.6. The van der Waals surface area contributed by atoms with Gasteiger partial charge in [0.2, 0.25) is 5.91 Å². The number of hydrogen-bond donors (Lipinski definition) is 1. The van der Waals surface area contributed by atoms with Gasteiger partial charge in [0, 0.05) is 17.3 Å². The predicted molar refractivity (Wildman–Crippen MR) is 126 cm³/mol. The van der Waals surface area contributed by atoms with Crippen molar-refractivity contribution in [2.24, 2.45) is 0 Å². The molecule has 5 heteroatoms. The predicted octanol–water partition coefficient (Wildman–Crippen LogP) is 4.67. The third kappa shape index (κ3) is 5.55. The van der Waals surface area contributed by atoms with Gasteiger partial charge in [0.05, 0.1) is 20.1 Å². The maximum absolute atomic E-state index is 13.6. The average Bonchev–Trinajstić information content (AvgIpc) is 3.62. The Morgan fingerprint density at radius 2 is 1.72 bits per heavy atom. The van der Waals surface area contributed by atoms with Gasteiger partial charge < -0.3 is 15.0 Å². The Balaban J connectivity index is 1.63. The first kappa shape index (κ1) is 21.6. The molecule has 0 spiro atoms. The van der Waals surface area contributed by atoms with Crippen molar-refractivity contribution >= 4 is 17.5 Å². The van der Waals surface area contributed by atoms with E-state index in [0.29, 0.717) is 30.3 Å². The summed E-state index contributed by atoms with van der Waals surface area (Å²) in [4.78, 5) is 27.6. The minimum atomic E-state index is -0.121. The summed E-state index contributed by atoms with van der Waals surface area (Å²) in [7, 11) is 1.59. The van der Waals surface area contributed by atoms with E-state index in [0.717, 1.165) is 29.7 Å². The number of aryl methyl sites for hydroxylation is 1. The zero-order valence-corrected chi connectivity index (χ0v) is 18.5. The van der Waals surface area contributed by atoms with Crippen molar-refractivity contribution < 1.29 is 14.3 Å². The fourth-order valence-electron chi connectivity index (χ4n) is 3.59. The lowest BCUT2D eigenvalue weighted by molar-refractivity contribution is -0.120. The van der Waals surface area contributed by atoms with Crippen molar-refractivity contribution in [3.05, 3.63) is 95.1 Å². The number of methoxy groups -OCH3 is 1. The lowest BCUT2D eigenvalue weighted by Gasteiger charge is -2.24. The number of carbonyl (C=O) groups excluding carboxylic acids is 2. The van der Waals surface area contributed by atoms with Crippen LogP contribution in [0.25, 0.3) is 0 Å². The molecular formula is C27H28N2O3. The average molecular weight is 429 g/mol. The Morgan fingerprint density at radius 1 is 0.969 bits per heavy atom. The Kier molecular flexibility index (Phi) is 6.55. The Bertz CT molecular complexity index is 1100. The van der Waals surface area contributed by atoms with Crippen LogP contribution in [0.1, 0.15) is 39.9 Å². The monoisotopic (exact) mass is 428 g/mol. The van der Waals surface area contributed by atoms with Crippen molar-refractivity contribution in [3.63, 3.8) is 0 Å². The highest BCUT2D eigenvalue weighted by atomic mass is 16.5. The molecular weight excluding hydrogens is 400 g/mol. The van der Waals surface area contributed by atoms with Crippen LogP contribution in [0.3, 0.4) is 0 Å². The maximum Gasteiger partial charge on any atom is 0.258 e. The Morgan fingerprint density at radius 3 is 2.44 bits per heavy atom. The Hall–Kier alpha value is -3.60. The minimum absolute atomic E-state index is 0.0221. The molecule has 1 aliphatic rings. The van der Waals surface area contributed by atoms with Gasteiger partial charge in [-0.25, -0.2) is 0 Å². The van der Waals surface area contributed by atoms with Crippen LogP contribution in [0.4, 0.5) is 5.69 Å². The molecule has 5 nitrogen and oxygen atoms in total. The van der Waals surface area contributed by atoms with E-state index in [2.05, 4.69) is 5.32 Å². The van der Waals surface area contributed by atoms with Gasteiger partial charge >= 0.3 is 0 Å². The summed E-state index contributed by atoms with van der Waals surface area (Å²) in [5, 5.41) is 3.02. The van der Waals surface area contributed by atoms with Gasteiger partial charge in [0.15, 0.2) is 0 Å². The summed E-state index contributed by atoms with van der Waals surface area (Å²) in [6.45, 7) is 2.47. The molecule has 0 aromatic heterocycles. The Labute approximate surface area is 189 Å². The molecule has 0 atom stereocenters. The van der Waals surface area contributed by atoms with Crippen LogP contribution < -0.4 is 15.0 Å². The number of rotatable bonds is 8. The molecule has 0 bridgehead atoms. The van der Waals surface area contributed by atoms with Crippen LogP contribution in [0, 0.1) is 6.92 Å². The topological polar surface area (TPSA) is 58.6 Å². The summed E-state index contributed by atoms with van der Waals surface area (Å²) in [6, 6.07) is 23.3. The molecule has 1 aliphatic carbocycles. The molecule has 0 radical (unpaired) electrons. The molecule has 0 saturated heterocycles. The lowest BCUT2D eigenvalue weighted by Crippen LogP contribution is -2.31. The molecule has 0 heterocycles. The van der Waals surface area contributed by atoms with Gasteiger partial charge in [-0.3, -0.25) is 9.59 Å². The summed E-state index contributed by atoms with van der Waals surface area (Å²) in [6.07, 6.45) is 2.42. The van der Waals surface area contributed by atoms with Gasteiger partial charge in [-0.1, -0.05) is 48.0 Å². The number of nitrogens with zero attached hydrogens (tertiary/aromatic N) is 1. The summed E-state index contributed by atoms with van der Waals surface area (Å²) in [5.74, 6) is 0.537. The highest BCUT2D eigenvalue weighted by Gasteiger charge is 2.23. The first-order valence-electron chi connectivity index (χ1n) is 10.9. The van der Waals surface area contributed by atoms with E-state index >= 15 is 0 Å². The number of carbonyl (C=O) groups is 2. The largest absolute Gasteiger partial charge is 0.497 e. The zero-order chi connectivity index (χ0) is 22.5. The van der Waals surface area contributed by atoms with E-state index in [1.165, 1.54) is 5.56 Å². The minimum Gasteiger partial charge on any atom is -0.497 e. The molecule has 0 aliphatic heterocycles. The molecule has 1 fully saturated rings. The third-order valence-electron chi connectivity index (χ3n) is 5.55. The van der Waals surface area contributed by atoms with Gasteiger partial charge in [0.1, 0.15) is 5.75 Å². The summed E-state index contributed by atoms with van der Waals surface area (Å²) >= 11 is 0. The van der Waals surface area contributed by atoms with Gasteiger partial charge in [-0.2, -0.15) is 0 Å². The van der Waals surface area contributed by atoms with E-state index in [9.17, 15) is 9.59 Å². The smallest absolute Gasteiger partial charge is 0.258 e. The van der Waals surface area contributed by atoms with E-state index in [1.807, 2.05) is 67.6 Å². The molecule has 0 unspecified atom stereocenters. The van der Waals surface area contributed by atoms with Gasteiger partial charge in [0.25, 0.3) is 5.91 Å². The first-order valence-corrected chi connectivity index (χ1v) is 10.9.